The number of carbonyl (C=O) groups is 2. The van der Waals surface area contributed by atoms with Crippen LogP contribution in [-0.2, 0) is 22.6 Å². The Kier molecular flexibility index (Phi) is 6.23. The number of carbonyl (C=O) groups excluding carboxylic acids is 2. The van der Waals surface area contributed by atoms with Crippen LogP contribution in [0.25, 0.3) is 0 Å². The first-order chi connectivity index (χ1) is 14.0. The Labute approximate surface area is 175 Å². The predicted octanol–water partition coefficient (Wildman–Crippen LogP) is 3.03. The van der Waals surface area contributed by atoms with Crippen molar-refractivity contribution >= 4 is 11.8 Å². The van der Waals surface area contributed by atoms with Crippen molar-refractivity contribution in [2.45, 2.75) is 58.4 Å². The molecule has 3 aliphatic rings. The Morgan fingerprint density at radius 3 is 2.41 bits per heavy atom. The molecule has 0 aliphatic carbocycles. The van der Waals surface area contributed by atoms with Gasteiger partial charge in [0.25, 0.3) is 0 Å². The third-order valence-electron chi connectivity index (χ3n) is 6.98. The molecule has 158 valence electrons. The third-order valence-corrected chi connectivity index (χ3v) is 6.98. The molecule has 3 heterocycles. The zero-order chi connectivity index (χ0) is 20.4. The van der Waals surface area contributed by atoms with Crippen LogP contribution >= 0.6 is 0 Å². The number of fused-ring (bicyclic) bond motifs is 1. The maximum atomic E-state index is 12.9. The minimum absolute atomic E-state index is 0.119. The van der Waals surface area contributed by atoms with Crippen LogP contribution in [0, 0.1) is 5.92 Å². The first-order valence-electron chi connectivity index (χ1n) is 11.4. The van der Waals surface area contributed by atoms with Gasteiger partial charge < -0.3 is 9.80 Å². The smallest absolute Gasteiger partial charge is 0.236 e. The van der Waals surface area contributed by atoms with Crippen molar-refractivity contribution in [3.05, 3.63) is 34.9 Å². The van der Waals surface area contributed by atoms with E-state index in [2.05, 4.69) is 36.9 Å². The van der Waals surface area contributed by atoms with Gasteiger partial charge in [0.05, 0.1) is 6.54 Å². The fourth-order valence-electron chi connectivity index (χ4n) is 5.24. The van der Waals surface area contributed by atoms with Crippen LogP contribution in [0.5, 0.6) is 0 Å². The molecule has 5 nitrogen and oxygen atoms in total. The van der Waals surface area contributed by atoms with Gasteiger partial charge in [0, 0.05) is 45.2 Å². The van der Waals surface area contributed by atoms with Gasteiger partial charge in [0.1, 0.15) is 0 Å². The highest BCUT2D eigenvalue weighted by molar-refractivity contribution is 5.81. The molecule has 0 spiro atoms. The first-order valence-corrected chi connectivity index (χ1v) is 11.4. The summed E-state index contributed by atoms with van der Waals surface area (Å²) in [5.74, 6) is 1.21. The lowest BCUT2D eigenvalue weighted by Gasteiger charge is -2.35. The quantitative estimate of drug-likeness (QED) is 0.784. The number of piperidine rings is 1. The lowest BCUT2D eigenvalue weighted by atomic mass is 9.89. The number of rotatable bonds is 4. The Balaban J connectivity index is 1.28. The average molecular weight is 398 g/mol. The van der Waals surface area contributed by atoms with Gasteiger partial charge in [-0.05, 0) is 54.7 Å². The Morgan fingerprint density at radius 2 is 1.72 bits per heavy atom. The topological polar surface area (TPSA) is 43.9 Å². The Hall–Kier alpha value is -1.88. The van der Waals surface area contributed by atoms with Gasteiger partial charge in [-0.15, -0.1) is 0 Å². The second-order valence-electron chi connectivity index (χ2n) is 9.29. The maximum absolute atomic E-state index is 12.9. The van der Waals surface area contributed by atoms with E-state index in [4.69, 9.17) is 0 Å². The predicted molar refractivity (Wildman–Crippen MR) is 115 cm³/mol. The van der Waals surface area contributed by atoms with E-state index in [1.54, 1.807) is 0 Å². The lowest BCUT2D eigenvalue weighted by Crippen LogP contribution is -2.47. The molecule has 0 N–H and O–H groups in total. The summed E-state index contributed by atoms with van der Waals surface area (Å²) in [6, 6.07) is 6.62. The molecule has 3 aliphatic heterocycles. The monoisotopic (exact) mass is 397 g/mol. The minimum atomic E-state index is 0.119. The molecule has 4 rings (SSSR count). The molecule has 0 saturated carbocycles. The van der Waals surface area contributed by atoms with Crippen molar-refractivity contribution in [3.8, 4) is 0 Å². The van der Waals surface area contributed by atoms with Crippen molar-refractivity contribution in [1.82, 2.24) is 14.7 Å². The van der Waals surface area contributed by atoms with E-state index in [1.807, 2.05) is 9.80 Å². The summed E-state index contributed by atoms with van der Waals surface area (Å²) < 4.78 is 0. The number of hydrogen-bond acceptors (Lipinski definition) is 3. The largest absolute Gasteiger partial charge is 0.342 e. The van der Waals surface area contributed by atoms with Crippen molar-refractivity contribution in [2.75, 3.05) is 39.3 Å². The van der Waals surface area contributed by atoms with E-state index in [0.717, 1.165) is 71.4 Å². The summed E-state index contributed by atoms with van der Waals surface area (Å²) in [5.41, 5.74) is 4.33. The van der Waals surface area contributed by atoms with Gasteiger partial charge in [-0.2, -0.15) is 0 Å². The fraction of sp³-hybridized carbons (Fsp3) is 0.667. The highest BCUT2D eigenvalue weighted by Crippen LogP contribution is 2.28. The van der Waals surface area contributed by atoms with Crippen molar-refractivity contribution in [1.29, 1.82) is 0 Å². The van der Waals surface area contributed by atoms with Crippen LogP contribution in [-0.4, -0.2) is 65.8 Å². The molecule has 0 bridgehead atoms. The van der Waals surface area contributed by atoms with Crippen LogP contribution in [0.15, 0.2) is 18.2 Å². The summed E-state index contributed by atoms with van der Waals surface area (Å²) in [6.07, 6.45) is 4.95. The van der Waals surface area contributed by atoms with Crippen molar-refractivity contribution in [2.24, 2.45) is 5.92 Å². The molecule has 5 heteroatoms. The molecule has 1 aromatic carbocycles. The maximum Gasteiger partial charge on any atom is 0.236 e. The van der Waals surface area contributed by atoms with E-state index in [-0.39, 0.29) is 11.8 Å². The molecule has 2 amide bonds. The van der Waals surface area contributed by atoms with Crippen LogP contribution in [0.3, 0.4) is 0 Å². The second kappa shape index (κ2) is 8.86. The van der Waals surface area contributed by atoms with Gasteiger partial charge in [0.15, 0.2) is 0 Å². The van der Waals surface area contributed by atoms with Gasteiger partial charge in [-0.25, -0.2) is 0 Å². The zero-order valence-corrected chi connectivity index (χ0v) is 18.0. The fourth-order valence-corrected chi connectivity index (χ4v) is 5.24. The van der Waals surface area contributed by atoms with Crippen molar-refractivity contribution < 1.29 is 9.59 Å². The molecular formula is C24H35N3O2. The van der Waals surface area contributed by atoms with Crippen LogP contribution < -0.4 is 0 Å². The summed E-state index contributed by atoms with van der Waals surface area (Å²) in [4.78, 5) is 31.8. The van der Waals surface area contributed by atoms with E-state index in [0.29, 0.717) is 18.4 Å². The van der Waals surface area contributed by atoms with Crippen LogP contribution in [0.1, 0.15) is 62.1 Å². The van der Waals surface area contributed by atoms with E-state index >= 15 is 0 Å². The summed E-state index contributed by atoms with van der Waals surface area (Å²) in [5, 5.41) is 0. The standard InChI is InChI=1S/C24H35N3O2/c1-18(2)21-7-5-6-20-16-25(13-10-22(20)21)17-23(28)26-14-8-19(9-15-26)24(29)27-11-3-4-12-27/h5-7,18-19H,3-4,8-17H2,1-2H3. The van der Waals surface area contributed by atoms with Gasteiger partial charge >= 0.3 is 0 Å². The van der Waals surface area contributed by atoms with Crippen LogP contribution in [0.2, 0.25) is 0 Å². The molecule has 2 saturated heterocycles. The van der Waals surface area contributed by atoms with Gasteiger partial charge in [-0.3, -0.25) is 14.5 Å². The summed E-state index contributed by atoms with van der Waals surface area (Å²) in [7, 11) is 0. The molecule has 0 radical (unpaired) electrons. The second-order valence-corrected chi connectivity index (χ2v) is 9.29. The normalized spacial score (nSPS) is 20.9. The van der Waals surface area contributed by atoms with Gasteiger partial charge in [0.2, 0.25) is 11.8 Å². The SMILES string of the molecule is CC(C)c1cccc2c1CCN(CC(=O)N1CCC(C(=O)N3CCCC3)CC1)C2. The van der Waals surface area contributed by atoms with Crippen molar-refractivity contribution in [3.63, 3.8) is 0 Å². The number of nitrogens with zero attached hydrogens (tertiary/aromatic N) is 3. The molecule has 1 aromatic rings. The third kappa shape index (κ3) is 4.50. The zero-order valence-electron chi connectivity index (χ0n) is 18.0. The summed E-state index contributed by atoms with van der Waals surface area (Å²) in [6.45, 7) is 10.1. The van der Waals surface area contributed by atoms with E-state index in [9.17, 15) is 9.59 Å². The van der Waals surface area contributed by atoms with Crippen LogP contribution in [0.4, 0.5) is 0 Å². The molecular weight excluding hydrogens is 362 g/mol. The molecule has 29 heavy (non-hydrogen) atoms. The van der Waals surface area contributed by atoms with E-state index in [1.165, 1.54) is 16.7 Å². The van der Waals surface area contributed by atoms with E-state index < -0.39 is 0 Å². The van der Waals surface area contributed by atoms with Gasteiger partial charge in [-0.1, -0.05) is 32.0 Å². The minimum Gasteiger partial charge on any atom is -0.342 e. The number of hydrogen-bond donors (Lipinski definition) is 0. The Morgan fingerprint density at radius 1 is 1.00 bits per heavy atom. The average Bonchev–Trinajstić information content (AvgIpc) is 3.27. The highest BCUT2D eigenvalue weighted by atomic mass is 16.2. The Bertz CT molecular complexity index is 746. The molecule has 0 atom stereocenters. The number of amides is 2. The summed E-state index contributed by atoms with van der Waals surface area (Å²) >= 11 is 0. The molecule has 2 fully saturated rings. The number of likely N-dealkylation sites (tertiary alicyclic amines) is 2. The molecule has 0 unspecified atom stereocenters. The number of benzene rings is 1. The first kappa shape index (κ1) is 20.4. The molecule has 0 aromatic heterocycles. The lowest BCUT2D eigenvalue weighted by molar-refractivity contribution is -0.140. The highest BCUT2D eigenvalue weighted by Gasteiger charge is 2.32.